The van der Waals surface area contributed by atoms with Crippen LogP contribution in [0.5, 0.6) is 5.75 Å². The fourth-order valence-corrected chi connectivity index (χ4v) is 3.29. The lowest BCUT2D eigenvalue weighted by Gasteiger charge is -2.11. The molecule has 0 heterocycles. The number of hydrogen-bond acceptors (Lipinski definition) is 2. The van der Waals surface area contributed by atoms with Crippen molar-refractivity contribution in [3.05, 3.63) is 77.4 Å². The van der Waals surface area contributed by atoms with Gasteiger partial charge in [0.15, 0.2) is 6.29 Å². The summed E-state index contributed by atoms with van der Waals surface area (Å²) in [4.78, 5) is 11.3. The van der Waals surface area contributed by atoms with Crippen LogP contribution in [0.15, 0.2) is 60.7 Å². The molecule has 2 heteroatoms. The molecule has 1 N–H and O–H groups in total. The van der Waals surface area contributed by atoms with E-state index in [-0.39, 0.29) is 5.75 Å². The van der Waals surface area contributed by atoms with E-state index in [1.54, 1.807) is 18.2 Å². The molecule has 4 rings (SSSR count). The summed E-state index contributed by atoms with van der Waals surface area (Å²) in [5.74, 6) is 0.175. The van der Waals surface area contributed by atoms with Gasteiger partial charge in [-0.3, -0.25) is 4.79 Å². The standard InChI is InChI=1S/C20H14O2/c21-12-14-8-9-15(22)11-19(14)18-7-3-6-17-16-5-2-1-4-13(16)10-20(17)18/h1-9,11-12,22H,10H2. The Labute approximate surface area is 128 Å². The largest absolute Gasteiger partial charge is 0.508 e. The van der Waals surface area contributed by atoms with Crippen LogP contribution in [-0.2, 0) is 6.42 Å². The summed E-state index contributed by atoms with van der Waals surface area (Å²) in [5, 5.41) is 9.80. The molecular formula is C20H14O2. The van der Waals surface area contributed by atoms with Gasteiger partial charge in [-0.1, -0.05) is 42.5 Å². The maximum atomic E-state index is 11.3. The van der Waals surface area contributed by atoms with Crippen LogP contribution in [-0.4, -0.2) is 11.4 Å². The Morgan fingerprint density at radius 1 is 0.818 bits per heavy atom. The Morgan fingerprint density at radius 3 is 2.36 bits per heavy atom. The second-order valence-corrected chi connectivity index (χ2v) is 5.56. The van der Waals surface area contributed by atoms with E-state index in [4.69, 9.17) is 0 Å². The van der Waals surface area contributed by atoms with E-state index >= 15 is 0 Å². The van der Waals surface area contributed by atoms with Crippen LogP contribution in [0.2, 0.25) is 0 Å². The van der Waals surface area contributed by atoms with Crippen molar-refractivity contribution < 1.29 is 9.90 Å². The number of phenols is 1. The lowest BCUT2D eigenvalue weighted by molar-refractivity contribution is 0.112. The second-order valence-electron chi connectivity index (χ2n) is 5.56. The van der Waals surface area contributed by atoms with Crippen LogP contribution in [0, 0.1) is 0 Å². The number of phenolic OH excluding ortho intramolecular Hbond substituents is 1. The van der Waals surface area contributed by atoms with Crippen LogP contribution in [0.3, 0.4) is 0 Å². The molecule has 3 aromatic carbocycles. The minimum Gasteiger partial charge on any atom is -0.508 e. The number of hydrogen-bond donors (Lipinski definition) is 1. The van der Waals surface area contributed by atoms with Gasteiger partial charge in [0.05, 0.1) is 0 Å². The van der Waals surface area contributed by atoms with Gasteiger partial charge in [0.25, 0.3) is 0 Å². The van der Waals surface area contributed by atoms with Crippen molar-refractivity contribution in [2.75, 3.05) is 0 Å². The molecule has 3 aromatic rings. The molecule has 1 aliphatic carbocycles. The molecule has 0 bridgehead atoms. The number of benzene rings is 3. The molecule has 106 valence electrons. The molecule has 2 nitrogen and oxygen atoms in total. The molecule has 0 saturated carbocycles. The van der Waals surface area contributed by atoms with Gasteiger partial charge in [-0.05, 0) is 58.0 Å². The number of aromatic hydroxyl groups is 1. The molecule has 0 atom stereocenters. The average Bonchev–Trinajstić information content (AvgIpc) is 2.93. The van der Waals surface area contributed by atoms with Crippen LogP contribution < -0.4 is 0 Å². The molecule has 0 aromatic heterocycles. The van der Waals surface area contributed by atoms with Crippen molar-refractivity contribution >= 4 is 6.29 Å². The summed E-state index contributed by atoms with van der Waals surface area (Å²) in [7, 11) is 0. The highest BCUT2D eigenvalue weighted by molar-refractivity contribution is 5.92. The third kappa shape index (κ3) is 1.85. The summed E-state index contributed by atoms with van der Waals surface area (Å²) < 4.78 is 0. The number of rotatable bonds is 2. The molecule has 0 aliphatic heterocycles. The summed E-state index contributed by atoms with van der Waals surface area (Å²) in [6.45, 7) is 0. The molecule has 0 amide bonds. The van der Waals surface area contributed by atoms with Crippen LogP contribution >= 0.6 is 0 Å². The Morgan fingerprint density at radius 2 is 1.55 bits per heavy atom. The first-order valence-electron chi connectivity index (χ1n) is 7.26. The van der Waals surface area contributed by atoms with Gasteiger partial charge in [-0.25, -0.2) is 0 Å². The van der Waals surface area contributed by atoms with Crippen LogP contribution in [0.25, 0.3) is 22.3 Å². The highest BCUT2D eigenvalue weighted by Gasteiger charge is 2.22. The number of carbonyl (C=O) groups is 1. The van der Waals surface area contributed by atoms with Gasteiger partial charge >= 0.3 is 0 Å². The smallest absolute Gasteiger partial charge is 0.150 e. The van der Waals surface area contributed by atoms with Crippen molar-refractivity contribution in [2.24, 2.45) is 0 Å². The van der Waals surface area contributed by atoms with Gasteiger partial charge in [-0.15, -0.1) is 0 Å². The van der Waals surface area contributed by atoms with E-state index < -0.39 is 0 Å². The summed E-state index contributed by atoms with van der Waals surface area (Å²) in [6.07, 6.45) is 1.70. The van der Waals surface area contributed by atoms with Gasteiger partial charge < -0.3 is 5.11 Å². The Balaban J connectivity index is 1.97. The Bertz CT molecular complexity index is 894. The number of carbonyl (C=O) groups excluding carboxylic acids is 1. The van der Waals surface area contributed by atoms with Gasteiger partial charge in [0.1, 0.15) is 5.75 Å². The molecule has 0 fully saturated rings. The predicted molar refractivity (Wildman–Crippen MR) is 87.2 cm³/mol. The number of fused-ring (bicyclic) bond motifs is 3. The third-order valence-corrected chi connectivity index (χ3v) is 4.30. The Kier molecular flexibility index (Phi) is 2.83. The summed E-state index contributed by atoms with van der Waals surface area (Å²) in [5.41, 5.74) is 7.41. The van der Waals surface area contributed by atoms with E-state index in [9.17, 15) is 9.90 Å². The molecule has 22 heavy (non-hydrogen) atoms. The van der Waals surface area contributed by atoms with Crippen molar-refractivity contribution in [1.29, 1.82) is 0 Å². The quantitative estimate of drug-likeness (QED) is 0.553. The van der Waals surface area contributed by atoms with Gasteiger partial charge in [-0.2, -0.15) is 0 Å². The van der Waals surface area contributed by atoms with Crippen molar-refractivity contribution in [3.63, 3.8) is 0 Å². The maximum absolute atomic E-state index is 11.3. The first-order valence-corrected chi connectivity index (χ1v) is 7.26. The summed E-state index contributed by atoms with van der Waals surface area (Å²) >= 11 is 0. The zero-order valence-electron chi connectivity index (χ0n) is 11.9. The first kappa shape index (κ1) is 12.8. The first-order chi connectivity index (χ1) is 10.8. The van der Waals surface area contributed by atoms with E-state index in [2.05, 4.69) is 24.3 Å². The maximum Gasteiger partial charge on any atom is 0.150 e. The van der Waals surface area contributed by atoms with Gasteiger partial charge in [0, 0.05) is 5.56 Å². The molecule has 1 aliphatic rings. The number of aldehydes is 1. The topological polar surface area (TPSA) is 37.3 Å². The fourth-order valence-electron chi connectivity index (χ4n) is 3.29. The van der Waals surface area contributed by atoms with Crippen molar-refractivity contribution in [3.8, 4) is 28.0 Å². The average molecular weight is 286 g/mol. The van der Waals surface area contributed by atoms with E-state index in [0.717, 1.165) is 23.8 Å². The van der Waals surface area contributed by atoms with Gasteiger partial charge in [0.2, 0.25) is 0 Å². The normalized spacial score (nSPS) is 11.8. The van der Waals surface area contributed by atoms with E-state index in [1.165, 1.54) is 22.3 Å². The lowest BCUT2D eigenvalue weighted by Crippen LogP contribution is -1.92. The SMILES string of the molecule is O=Cc1ccc(O)cc1-c1cccc2c1Cc1ccccc1-2. The zero-order valence-corrected chi connectivity index (χ0v) is 11.9. The third-order valence-electron chi connectivity index (χ3n) is 4.30. The highest BCUT2D eigenvalue weighted by Crippen LogP contribution is 2.42. The van der Waals surface area contributed by atoms with Crippen molar-refractivity contribution in [2.45, 2.75) is 6.42 Å². The predicted octanol–water partition coefficient (Wildman–Crippen LogP) is 4.44. The molecule has 0 saturated heterocycles. The van der Waals surface area contributed by atoms with Crippen LogP contribution in [0.4, 0.5) is 0 Å². The minimum absolute atomic E-state index is 0.175. The van der Waals surface area contributed by atoms with Crippen molar-refractivity contribution in [1.82, 2.24) is 0 Å². The zero-order chi connectivity index (χ0) is 15.1. The monoisotopic (exact) mass is 286 g/mol. The van der Waals surface area contributed by atoms with E-state index in [0.29, 0.717) is 5.56 Å². The summed E-state index contributed by atoms with van der Waals surface area (Å²) in [6, 6.07) is 19.4. The second kappa shape index (κ2) is 4.85. The molecular weight excluding hydrogens is 272 g/mol. The highest BCUT2D eigenvalue weighted by atomic mass is 16.3. The van der Waals surface area contributed by atoms with Crippen LogP contribution in [0.1, 0.15) is 21.5 Å². The molecule has 0 spiro atoms. The van der Waals surface area contributed by atoms with E-state index in [1.807, 2.05) is 18.2 Å². The lowest BCUT2D eigenvalue weighted by atomic mass is 9.93. The molecule has 0 unspecified atom stereocenters. The fraction of sp³-hybridized carbons (Fsp3) is 0.0500. The molecule has 0 radical (unpaired) electrons. The Hall–Kier alpha value is -2.87. The minimum atomic E-state index is 0.175.